The highest BCUT2D eigenvalue weighted by Gasteiger charge is 2.33. The number of thiocarbonyl (C=S) groups is 1. The van der Waals surface area contributed by atoms with E-state index in [2.05, 4.69) is 0 Å². The van der Waals surface area contributed by atoms with Gasteiger partial charge in [0.1, 0.15) is 12.4 Å². The summed E-state index contributed by atoms with van der Waals surface area (Å²) in [6, 6.07) is 22.9. The van der Waals surface area contributed by atoms with Gasteiger partial charge in [-0.25, -0.2) is 0 Å². The van der Waals surface area contributed by atoms with Crippen LogP contribution < -0.4 is 9.64 Å². The van der Waals surface area contributed by atoms with Gasteiger partial charge in [0.05, 0.1) is 15.5 Å². The summed E-state index contributed by atoms with van der Waals surface area (Å²) >= 11 is 6.67. The third-order valence-electron chi connectivity index (χ3n) is 4.56. The molecule has 6 nitrogen and oxygen atoms in total. The van der Waals surface area contributed by atoms with Crippen LogP contribution in [-0.2, 0) is 11.4 Å². The van der Waals surface area contributed by atoms with Crippen molar-refractivity contribution in [2.24, 2.45) is 0 Å². The van der Waals surface area contributed by atoms with E-state index in [4.69, 9.17) is 17.0 Å². The van der Waals surface area contributed by atoms with Crippen LogP contribution in [0.25, 0.3) is 6.08 Å². The molecule has 8 heteroatoms. The Morgan fingerprint density at radius 3 is 2.39 bits per heavy atom. The molecule has 0 radical (unpaired) electrons. The van der Waals surface area contributed by atoms with E-state index in [1.807, 2.05) is 54.6 Å². The lowest BCUT2D eigenvalue weighted by Crippen LogP contribution is -2.27. The Balaban J connectivity index is 1.53. The average Bonchev–Trinajstić information content (AvgIpc) is 3.06. The number of nitrogens with zero attached hydrogens (tertiary/aromatic N) is 2. The van der Waals surface area contributed by atoms with Gasteiger partial charge in [-0.1, -0.05) is 60.4 Å². The number of rotatable bonds is 6. The fourth-order valence-corrected chi connectivity index (χ4v) is 4.30. The molecule has 3 aromatic rings. The maximum Gasteiger partial charge on any atom is 0.270 e. The third-order valence-corrected chi connectivity index (χ3v) is 5.86. The van der Waals surface area contributed by atoms with Crippen LogP contribution in [-0.4, -0.2) is 15.2 Å². The number of para-hydroxylation sites is 2. The number of nitro benzene ring substituents is 1. The van der Waals surface area contributed by atoms with Gasteiger partial charge in [-0.15, -0.1) is 0 Å². The molecule has 1 heterocycles. The molecule has 1 saturated heterocycles. The highest BCUT2D eigenvalue weighted by Crippen LogP contribution is 2.37. The first-order valence-corrected chi connectivity index (χ1v) is 10.5. The van der Waals surface area contributed by atoms with Crippen molar-refractivity contribution >= 4 is 51.7 Å². The Morgan fingerprint density at radius 1 is 1.00 bits per heavy atom. The number of thioether (sulfide) groups is 1. The van der Waals surface area contributed by atoms with E-state index in [-0.39, 0.29) is 18.2 Å². The Kier molecular flexibility index (Phi) is 6.11. The zero-order valence-corrected chi connectivity index (χ0v) is 17.8. The van der Waals surface area contributed by atoms with Crippen molar-refractivity contribution in [1.29, 1.82) is 0 Å². The molecule has 4 rings (SSSR count). The summed E-state index contributed by atoms with van der Waals surface area (Å²) in [5.74, 6) is 0.428. The van der Waals surface area contributed by atoms with E-state index in [0.717, 1.165) is 16.8 Å². The molecule has 154 valence electrons. The van der Waals surface area contributed by atoms with Crippen LogP contribution in [0.4, 0.5) is 11.4 Å². The topological polar surface area (TPSA) is 72.7 Å². The van der Waals surface area contributed by atoms with E-state index >= 15 is 0 Å². The lowest BCUT2D eigenvalue weighted by atomic mass is 10.1. The molecule has 1 aliphatic rings. The number of amides is 1. The van der Waals surface area contributed by atoms with Crippen molar-refractivity contribution in [3.05, 3.63) is 105 Å². The predicted octanol–water partition coefficient (Wildman–Crippen LogP) is 5.58. The van der Waals surface area contributed by atoms with Crippen LogP contribution >= 0.6 is 24.0 Å². The van der Waals surface area contributed by atoms with E-state index in [1.165, 1.54) is 28.8 Å². The quantitative estimate of drug-likeness (QED) is 0.212. The van der Waals surface area contributed by atoms with Crippen molar-refractivity contribution in [2.45, 2.75) is 6.61 Å². The monoisotopic (exact) mass is 448 g/mol. The number of ether oxygens (including phenoxy) is 1. The van der Waals surface area contributed by atoms with Crippen molar-refractivity contribution in [3.8, 4) is 5.75 Å². The van der Waals surface area contributed by atoms with Crippen LogP contribution in [0.2, 0.25) is 0 Å². The second kappa shape index (κ2) is 9.11. The molecule has 1 aliphatic heterocycles. The number of carbonyl (C=O) groups is 1. The second-order valence-electron chi connectivity index (χ2n) is 6.60. The molecule has 0 unspecified atom stereocenters. The number of carbonyl (C=O) groups excluding carboxylic acids is 1. The number of anilines is 1. The molecular weight excluding hydrogens is 432 g/mol. The van der Waals surface area contributed by atoms with E-state index < -0.39 is 4.92 Å². The first-order valence-electron chi connectivity index (χ1n) is 9.31. The summed E-state index contributed by atoms with van der Waals surface area (Å²) < 4.78 is 6.40. The van der Waals surface area contributed by atoms with Crippen LogP contribution in [0, 0.1) is 10.1 Å². The minimum absolute atomic E-state index is 0.0320. The highest BCUT2D eigenvalue weighted by atomic mass is 32.2. The van der Waals surface area contributed by atoms with E-state index in [0.29, 0.717) is 15.0 Å². The Hall–Kier alpha value is -3.49. The van der Waals surface area contributed by atoms with Gasteiger partial charge in [-0.05, 0) is 42.0 Å². The van der Waals surface area contributed by atoms with Gasteiger partial charge in [0.25, 0.3) is 11.6 Å². The molecular formula is C23H16N2O4S2. The zero-order valence-electron chi connectivity index (χ0n) is 16.1. The van der Waals surface area contributed by atoms with Crippen molar-refractivity contribution in [2.75, 3.05) is 4.90 Å². The molecule has 1 amide bonds. The number of nitro groups is 1. The van der Waals surface area contributed by atoms with E-state index in [1.54, 1.807) is 18.2 Å². The maximum atomic E-state index is 13.0. The van der Waals surface area contributed by atoms with Crippen molar-refractivity contribution in [1.82, 2.24) is 0 Å². The summed E-state index contributed by atoms with van der Waals surface area (Å²) in [5.41, 5.74) is 2.31. The summed E-state index contributed by atoms with van der Waals surface area (Å²) in [4.78, 5) is 25.3. The summed E-state index contributed by atoms with van der Waals surface area (Å²) in [6.07, 6.45) is 1.77. The Bertz CT molecular complexity index is 1180. The molecule has 0 saturated carbocycles. The smallest absolute Gasteiger partial charge is 0.270 e. The summed E-state index contributed by atoms with van der Waals surface area (Å²) in [6.45, 7) is 0.244. The standard InChI is InChI=1S/C23H16N2O4S2/c26-22-21(31-23(30)24(22)18-7-2-1-3-8-18)14-17-6-4-5-9-20(17)29-15-16-10-12-19(13-11-16)25(27)28/h1-14H,15H2. The third kappa shape index (κ3) is 4.65. The normalized spacial score (nSPS) is 14.8. The summed E-state index contributed by atoms with van der Waals surface area (Å²) in [7, 11) is 0. The molecule has 31 heavy (non-hydrogen) atoms. The Labute approximate surface area is 188 Å². The van der Waals surface area contributed by atoms with Crippen LogP contribution in [0.1, 0.15) is 11.1 Å². The number of hydrogen-bond acceptors (Lipinski definition) is 6. The average molecular weight is 449 g/mol. The largest absolute Gasteiger partial charge is 0.488 e. The lowest BCUT2D eigenvalue weighted by molar-refractivity contribution is -0.384. The molecule has 0 aromatic heterocycles. The molecule has 0 bridgehead atoms. The van der Waals surface area contributed by atoms with Crippen molar-refractivity contribution in [3.63, 3.8) is 0 Å². The predicted molar refractivity (Wildman–Crippen MR) is 126 cm³/mol. The van der Waals surface area contributed by atoms with E-state index in [9.17, 15) is 14.9 Å². The van der Waals surface area contributed by atoms with Crippen LogP contribution in [0.15, 0.2) is 83.8 Å². The fourth-order valence-electron chi connectivity index (χ4n) is 3.01. The fraction of sp³-hybridized carbons (Fsp3) is 0.0435. The van der Waals surface area contributed by atoms with Gasteiger partial charge < -0.3 is 4.74 Å². The number of hydrogen-bond donors (Lipinski definition) is 0. The Morgan fingerprint density at radius 2 is 1.68 bits per heavy atom. The number of non-ortho nitro benzene ring substituents is 1. The molecule has 1 fully saturated rings. The first kappa shape index (κ1) is 20.8. The van der Waals surface area contributed by atoms with Gasteiger partial charge in [0.2, 0.25) is 0 Å². The molecule has 3 aromatic carbocycles. The second-order valence-corrected chi connectivity index (χ2v) is 8.28. The summed E-state index contributed by atoms with van der Waals surface area (Å²) in [5, 5.41) is 10.8. The molecule has 0 atom stereocenters. The molecule has 0 aliphatic carbocycles. The minimum atomic E-state index is -0.439. The van der Waals surface area contributed by atoms with Crippen LogP contribution in [0.3, 0.4) is 0 Å². The van der Waals surface area contributed by atoms with Crippen molar-refractivity contribution < 1.29 is 14.5 Å². The zero-order chi connectivity index (χ0) is 21.8. The highest BCUT2D eigenvalue weighted by molar-refractivity contribution is 8.27. The number of benzene rings is 3. The molecule has 0 spiro atoms. The molecule has 0 N–H and O–H groups in total. The first-order chi connectivity index (χ1) is 15.0. The maximum absolute atomic E-state index is 13.0. The minimum Gasteiger partial charge on any atom is -0.488 e. The van der Waals surface area contributed by atoms with Gasteiger partial charge in [-0.2, -0.15) is 0 Å². The van der Waals surface area contributed by atoms with Gasteiger partial charge in [0.15, 0.2) is 4.32 Å². The van der Waals surface area contributed by atoms with Gasteiger partial charge in [-0.3, -0.25) is 19.8 Å². The van der Waals surface area contributed by atoms with Gasteiger partial charge >= 0.3 is 0 Å². The van der Waals surface area contributed by atoms with Crippen LogP contribution in [0.5, 0.6) is 5.75 Å². The lowest BCUT2D eigenvalue weighted by Gasteiger charge is -2.14. The SMILES string of the molecule is O=C1C(=Cc2ccccc2OCc2ccc([N+](=O)[O-])cc2)SC(=S)N1c1ccccc1. The van der Waals surface area contributed by atoms with Gasteiger partial charge in [0, 0.05) is 17.7 Å².